The number of hydrogen-bond donors (Lipinski definition) is 1. The fourth-order valence-electron chi connectivity index (χ4n) is 4.20. The number of amides is 2. The molecule has 0 atom stereocenters. The molecule has 3 aromatic rings. The maximum Gasteiger partial charge on any atom is 0.249 e. The summed E-state index contributed by atoms with van der Waals surface area (Å²) in [5.74, 6) is 0.958. The van der Waals surface area contributed by atoms with Crippen LogP contribution in [0, 0.1) is 0 Å². The molecular weight excluding hydrogens is 458 g/mol. The molecule has 8 nitrogen and oxygen atoms in total. The van der Waals surface area contributed by atoms with Crippen LogP contribution in [0.15, 0.2) is 48.7 Å². The van der Waals surface area contributed by atoms with Crippen molar-refractivity contribution in [2.75, 3.05) is 47.6 Å². The van der Waals surface area contributed by atoms with Crippen LogP contribution in [0.3, 0.4) is 0 Å². The van der Waals surface area contributed by atoms with E-state index in [0.29, 0.717) is 37.6 Å². The lowest BCUT2D eigenvalue weighted by atomic mass is 10.1. The Morgan fingerprint density at radius 2 is 1.69 bits per heavy atom. The molecule has 3 rings (SSSR count). The third-order valence-electron chi connectivity index (χ3n) is 6.23. The molecule has 0 unspecified atom stereocenters. The second-order valence-corrected chi connectivity index (χ2v) is 8.72. The van der Waals surface area contributed by atoms with Gasteiger partial charge in [0.2, 0.25) is 11.8 Å². The van der Waals surface area contributed by atoms with E-state index in [0.717, 1.165) is 34.9 Å². The van der Waals surface area contributed by atoms with Gasteiger partial charge < -0.3 is 29.0 Å². The van der Waals surface area contributed by atoms with Crippen LogP contribution >= 0.6 is 0 Å². The van der Waals surface area contributed by atoms with Gasteiger partial charge in [0.15, 0.2) is 11.5 Å². The molecule has 1 heterocycles. The van der Waals surface area contributed by atoms with E-state index < -0.39 is 0 Å². The third-order valence-corrected chi connectivity index (χ3v) is 6.23. The van der Waals surface area contributed by atoms with Gasteiger partial charge in [0, 0.05) is 43.8 Å². The van der Waals surface area contributed by atoms with Crippen LogP contribution in [-0.2, 0) is 27.3 Å². The molecule has 36 heavy (non-hydrogen) atoms. The summed E-state index contributed by atoms with van der Waals surface area (Å²) in [6, 6.07) is 13.8. The Kier molecular flexibility index (Phi) is 10.2. The summed E-state index contributed by atoms with van der Waals surface area (Å²) in [5.41, 5.74) is 3.14. The predicted octanol–water partition coefficient (Wildman–Crippen LogP) is 4.03. The fraction of sp³-hybridized carbons (Fsp3) is 0.429. The first-order chi connectivity index (χ1) is 17.5. The normalized spacial score (nSPS) is 10.9. The zero-order chi connectivity index (χ0) is 25.9. The van der Waals surface area contributed by atoms with Crippen molar-refractivity contribution in [1.29, 1.82) is 0 Å². The molecule has 0 aliphatic heterocycles. The van der Waals surface area contributed by atoms with Gasteiger partial charge in [-0.25, -0.2) is 0 Å². The average Bonchev–Trinajstić information content (AvgIpc) is 3.31. The minimum absolute atomic E-state index is 0.0172. The number of ether oxygens (including phenoxy) is 3. The highest BCUT2D eigenvalue weighted by Gasteiger charge is 2.22. The number of methoxy groups -OCH3 is 3. The Hall–Kier alpha value is -3.52. The fourth-order valence-corrected chi connectivity index (χ4v) is 4.20. The third kappa shape index (κ3) is 7.01. The summed E-state index contributed by atoms with van der Waals surface area (Å²) in [6.45, 7) is 3.46. The van der Waals surface area contributed by atoms with Crippen LogP contribution in [0.25, 0.3) is 10.9 Å². The molecule has 0 bridgehead atoms. The number of carbonyl (C=O) groups is 2. The first kappa shape index (κ1) is 27.1. The van der Waals surface area contributed by atoms with Gasteiger partial charge >= 0.3 is 0 Å². The predicted molar refractivity (Wildman–Crippen MR) is 140 cm³/mol. The highest BCUT2D eigenvalue weighted by atomic mass is 16.5. The summed E-state index contributed by atoms with van der Waals surface area (Å²) in [5, 5.41) is 1.15. The smallest absolute Gasteiger partial charge is 0.249 e. The van der Waals surface area contributed by atoms with Crippen molar-refractivity contribution in [3.05, 3.63) is 59.8 Å². The van der Waals surface area contributed by atoms with Crippen LogP contribution in [0.2, 0.25) is 0 Å². The number of aromatic amines is 1. The molecule has 0 saturated carbocycles. The summed E-state index contributed by atoms with van der Waals surface area (Å²) >= 11 is 0. The minimum Gasteiger partial charge on any atom is -0.493 e. The first-order valence-electron chi connectivity index (χ1n) is 12.3. The van der Waals surface area contributed by atoms with Crippen molar-refractivity contribution in [2.45, 2.75) is 32.7 Å². The Bertz CT molecular complexity index is 1140. The number of para-hydroxylation sites is 1. The monoisotopic (exact) mass is 495 g/mol. The lowest BCUT2D eigenvalue weighted by Gasteiger charge is -2.28. The van der Waals surface area contributed by atoms with Crippen LogP contribution < -0.4 is 9.47 Å². The summed E-state index contributed by atoms with van der Waals surface area (Å²) in [6.07, 6.45) is 4.44. The Labute approximate surface area is 213 Å². The van der Waals surface area contributed by atoms with Gasteiger partial charge in [-0.3, -0.25) is 9.59 Å². The van der Waals surface area contributed by atoms with Crippen molar-refractivity contribution in [1.82, 2.24) is 14.8 Å². The number of carbonyl (C=O) groups excluding carboxylic acids is 2. The molecule has 0 aliphatic rings. The van der Waals surface area contributed by atoms with E-state index in [9.17, 15) is 9.59 Å². The second-order valence-electron chi connectivity index (χ2n) is 8.72. The maximum atomic E-state index is 13.6. The quantitative estimate of drug-likeness (QED) is 0.365. The van der Waals surface area contributed by atoms with Crippen molar-refractivity contribution >= 4 is 22.7 Å². The summed E-state index contributed by atoms with van der Waals surface area (Å²) < 4.78 is 15.9. The number of benzene rings is 2. The number of unbranched alkanes of at least 4 members (excludes halogenated alkanes) is 1. The highest BCUT2D eigenvalue weighted by molar-refractivity contribution is 5.86. The van der Waals surface area contributed by atoms with Gasteiger partial charge in [-0.05, 0) is 42.2 Å². The van der Waals surface area contributed by atoms with Crippen molar-refractivity contribution < 1.29 is 23.8 Å². The van der Waals surface area contributed by atoms with Gasteiger partial charge in [-0.1, -0.05) is 37.6 Å². The molecule has 0 radical (unpaired) electrons. The van der Waals surface area contributed by atoms with E-state index in [-0.39, 0.29) is 25.0 Å². The number of nitrogens with zero attached hydrogens (tertiary/aromatic N) is 2. The van der Waals surface area contributed by atoms with E-state index in [1.807, 2.05) is 47.5 Å². The highest BCUT2D eigenvalue weighted by Crippen LogP contribution is 2.28. The molecule has 2 aromatic carbocycles. The van der Waals surface area contributed by atoms with E-state index in [2.05, 4.69) is 18.0 Å². The lowest BCUT2D eigenvalue weighted by molar-refractivity contribution is -0.143. The largest absolute Gasteiger partial charge is 0.493 e. The van der Waals surface area contributed by atoms with Crippen LogP contribution in [0.1, 0.15) is 30.9 Å². The van der Waals surface area contributed by atoms with Gasteiger partial charge in [0.05, 0.1) is 20.8 Å². The Morgan fingerprint density at radius 1 is 0.917 bits per heavy atom. The van der Waals surface area contributed by atoms with Gasteiger partial charge in [-0.15, -0.1) is 0 Å². The zero-order valence-electron chi connectivity index (χ0n) is 21.7. The summed E-state index contributed by atoms with van der Waals surface area (Å²) in [4.78, 5) is 32.9. The summed E-state index contributed by atoms with van der Waals surface area (Å²) in [7, 11) is 4.67. The molecule has 0 spiro atoms. The number of hydrogen-bond acceptors (Lipinski definition) is 5. The van der Waals surface area contributed by atoms with Crippen molar-refractivity contribution in [3.63, 3.8) is 0 Å². The van der Waals surface area contributed by atoms with Crippen LogP contribution in [-0.4, -0.2) is 74.2 Å². The molecule has 0 saturated heterocycles. The maximum absolute atomic E-state index is 13.6. The van der Waals surface area contributed by atoms with E-state index in [4.69, 9.17) is 14.2 Å². The molecular formula is C28H37N3O5. The number of fused-ring (bicyclic) bond motifs is 1. The van der Waals surface area contributed by atoms with Gasteiger partial charge in [0.25, 0.3) is 0 Å². The van der Waals surface area contributed by atoms with E-state index in [1.165, 1.54) is 7.11 Å². The number of aromatic nitrogens is 1. The Morgan fingerprint density at radius 3 is 2.42 bits per heavy atom. The van der Waals surface area contributed by atoms with Crippen LogP contribution in [0.4, 0.5) is 0 Å². The van der Waals surface area contributed by atoms with Crippen molar-refractivity contribution in [2.24, 2.45) is 0 Å². The number of H-pyrrole nitrogens is 1. The SMILES string of the molecule is CCCCN(CC(=O)N(CCc1c[nH]c2ccccc12)Cc1ccc(OC)c(OC)c1)C(=O)COC. The molecule has 1 N–H and O–H groups in total. The molecule has 8 heteroatoms. The number of nitrogens with one attached hydrogen (secondary N) is 1. The van der Waals surface area contributed by atoms with E-state index in [1.54, 1.807) is 19.1 Å². The molecule has 0 aliphatic carbocycles. The topological polar surface area (TPSA) is 84.1 Å². The average molecular weight is 496 g/mol. The second kappa shape index (κ2) is 13.5. The van der Waals surface area contributed by atoms with Gasteiger partial charge in [-0.2, -0.15) is 0 Å². The molecule has 1 aromatic heterocycles. The first-order valence-corrected chi connectivity index (χ1v) is 12.3. The molecule has 2 amide bonds. The molecule has 0 fully saturated rings. The molecule has 194 valence electrons. The lowest BCUT2D eigenvalue weighted by Crippen LogP contribution is -2.44. The van der Waals surface area contributed by atoms with Gasteiger partial charge in [0.1, 0.15) is 6.61 Å². The Balaban J connectivity index is 1.82. The van der Waals surface area contributed by atoms with E-state index >= 15 is 0 Å². The minimum atomic E-state index is -0.179. The zero-order valence-corrected chi connectivity index (χ0v) is 21.7. The van der Waals surface area contributed by atoms with Crippen LogP contribution in [0.5, 0.6) is 11.5 Å². The standard InChI is InChI=1S/C28H37N3O5/c1-5-6-14-30(28(33)20-34-2)19-27(32)31(18-21-11-12-25(35-3)26(16-21)36-4)15-13-22-17-29-24-10-8-7-9-23(22)24/h7-12,16-17,29H,5-6,13-15,18-20H2,1-4H3. The van der Waals surface area contributed by atoms with Crippen molar-refractivity contribution in [3.8, 4) is 11.5 Å². The number of rotatable bonds is 14.